The molecule has 45 heteroatoms. The zero-order chi connectivity index (χ0) is 78.3. The molecule has 5 saturated heterocycles. The quantitative estimate of drug-likeness (QED) is 0.0169. The highest BCUT2D eigenvalue weighted by atomic mass is 32.2. The second-order valence-corrected chi connectivity index (χ2v) is 29.3. The van der Waals surface area contributed by atoms with Gasteiger partial charge in [0.15, 0.2) is 0 Å². The van der Waals surface area contributed by atoms with E-state index >= 15 is 0 Å². The van der Waals surface area contributed by atoms with Crippen molar-refractivity contribution in [2.45, 2.75) is 126 Å². The van der Waals surface area contributed by atoms with Gasteiger partial charge in [-0.15, -0.1) is 0 Å². The molecule has 15 atom stereocenters. The van der Waals surface area contributed by atoms with Gasteiger partial charge in [-0.2, -0.15) is 0 Å². The van der Waals surface area contributed by atoms with Gasteiger partial charge in [-0.25, -0.2) is 19.6 Å². The van der Waals surface area contributed by atoms with Crippen LogP contribution in [0.2, 0.25) is 0 Å². The zero-order valence-electron chi connectivity index (χ0n) is 57.3. The van der Waals surface area contributed by atoms with Gasteiger partial charge in [0.2, 0.25) is 16.1 Å². The summed E-state index contributed by atoms with van der Waals surface area (Å²) in [5, 5.41) is 44.7. The number of fused-ring (bicyclic) bond motifs is 1. The van der Waals surface area contributed by atoms with Crippen LogP contribution in [0, 0.1) is 55.8 Å². The number of thioether (sulfide) groups is 2. The molecule has 0 bridgehead atoms. The summed E-state index contributed by atoms with van der Waals surface area (Å²) in [5.41, 5.74) is 1.37. The number of phosphoric ester groups is 2. The summed E-state index contributed by atoms with van der Waals surface area (Å²) in [6, 6.07) is 6.33. The predicted octanol–water partition coefficient (Wildman–Crippen LogP) is 0.649. The summed E-state index contributed by atoms with van der Waals surface area (Å²) in [7, 11) is -10.1. The van der Waals surface area contributed by atoms with Crippen LogP contribution in [-0.2, 0) is 65.3 Å². The lowest BCUT2D eigenvalue weighted by Gasteiger charge is -2.31. The van der Waals surface area contributed by atoms with Crippen LogP contribution in [0.4, 0.5) is 26.8 Å². The highest BCUT2D eigenvalue weighted by molar-refractivity contribution is 8.26. The standard InChI is InChI=1S/C64H66N14O27P2S2/c1-5-50(80)66-16-6-7-36-25-75(61(85)72-57(36)81)52-20-44(48(102-52)27-97-4)104-107(95,96)99-29-49-45(21-53(103-49)76-26-37(58(82)73-62(76)86)13-9-34-11-15-39(42(18-34)78(91)92)32(3)100-46-23-68-64(88)109-60(46)84)105-106(93,94)98-28-47-43(79)19-51(101-47)74-24-35(54-55(65)69-30-70-56(54)74)12-8-33-10-14-38(41(17-33)77(89)90)31(2)71-40-22-67-63(87)108-59(40)83/h10-11,14-15,17-18,24-26,30-32,40,43-49,51-53,71,79H,5,16,19-23,27-29H2,1-4H3,(H,66,80)(H,67,87)(H,68,88)(H,93,94)(H,95,96)(H2,65,69,70)(H,72,81,85)(H,73,82,86)/p-2/t31?,32?,40?,43-,44-,45-,46?,47+,48+,49+,51+,52+,53+/m0/s1. The number of nitrogens with zero attached hydrogens (tertiary/aromatic N) is 7. The first-order chi connectivity index (χ1) is 51.8. The number of ether oxygens (including phenoxy) is 5. The first-order valence-electron chi connectivity index (χ1n) is 32.8. The smallest absolute Gasteiger partial charge is 0.330 e. The van der Waals surface area contributed by atoms with Crippen LogP contribution in [0.15, 0.2) is 80.5 Å². The Kier molecular flexibility index (Phi) is 25.2. The third-order valence-corrected chi connectivity index (χ3v) is 20.9. The number of carbonyl (C=O) groups is 5. The van der Waals surface area contributed by atoms with Crippen molar-refractivity contribution >= 4 is 94.0 Å². The van der Waals surface area contributed by atoms with E-state index in [9.17, 15) is 87.4 Å². The van der Waals surface area contributed by atoms with Crippen LogP contribution < -0.4 is 59.3 Å². The number of aromatic amines is 2. The summed E-state index contributed by atoms with van der Waals surface area (Å²) in [5.74, 6) is 15.7. The van der Waals surface area contributed by atoms with E-state index in [-0.39, 0.29) is 101 Å². The number of rotatable bonds is 25. The number of nitro benzene ring substituents is 2. The number of nitrogens with one attached hydrogen (secondary N) is 6. The highest BCUT2D eigenvalue weighted by Crippen LogP contribution is 2.49. The molecule has 5 fully saturated rings. The number of aromatic nitrogens is 7. The molecule has 0 saturated carbocycles. The minimum Gasteiger partial charge on any atom is -0.756 e. The number of carbonyl (C=O) groups excluding carboxylic acids is 5. The van der Waals surface area contributed by atoms with Crippen molar-refractivity contribution in [3.63, 3.8) is 0 Å². The van der Waals surface area contributed by atoms with E-state index in [0.717, 1.165) is 33.9 Å². The van der Waals surface area contributed by atoms with Gasteiger partial charge < -0.3 is 82.9 Å². The number of aliphatic hydroxyl groups excluding tert-OH is 1. The highest BCUT2D eigenvalue weighted by Gasteiger charge is 2.45. The molecule has 6 aromatic rings. The largest absolute Gasteiger partial charge is 0.756 e. The number of nitrogens with two attached hydrogens (primary N) is 1. The lowest BCUT2D eigenvalue weighted by atomic mass is 10.0. The van der Waals surface area contributed by atoms with Crippen molar-refractivity contribution in [1.82, 2.24) is 54.9 Å². The third-order valence-electron chi connectivity index (χ3n) is 17.3. The Labute approximate surface area is 621 Å². The van der Waals surface area contributed by atoms with Gasteiger partial charge >= 0.3 is 11.4 Å². The van der Waals surface area contributed by atoms with E-state index in [1.165, 1.54) is 55.1 Å². The lowest BCUT2D eigenvalue weighted by molar-refractivity contribution is -0.386. The summed E-state index contributed by atoms with van der Waals surface area (Å²) < 4.78 is 81.9. The number of hydrogen-bond acceptors (Lipinski definition) is 33. The Hall–Kier alpha value is -9.91. The number of amides is 3. The summed E-state index contributed by atoms with van der Waals surface area (Å²) in [6.45, 7) is 1.92. The molecular formula is C64H64N14O27P2S2-2. The average molecular weight is 1590 g/mol. The molecule has 2 aromatic carbocycles. The SMILES string of the molecule is CCC(=O)NCC#Cc1cn([C@H]2C[C@H](OP(=O)([O-])OC[C@H]3O[C@@H](n4cc(C#Cc5ccc(C(C)OC6CNC(=O)SC6=O)c([N+](=O)[O-])c5)c(=O)[nH]c4=O)C[C@@H]3OP(=O)([O-])OC[C@H]3O[C@@H](n4cc(C#Cc5ccc(C(C)NC6CNC(=O)SC6=O)c([N+](=O)[O-])c5)c5c(N)ncnc54)C[C@@H]3O)[C@@H](COC)O2)c(=O)[nH]c1=O. The Morgan fingerprint density at radius 3 is 1.82 bits per heavy atom. The van der Waals surface area contributed by atoms with E-state index in [1.807, 2.05) is 0 Å². The number of anilines is 1. The Balaban J connectivity index is 0.812. The van der Waals surface area contributed by atoms with Crippen molar-refractivity contribution in [3.8, 4) is 35.5 Å². The molecule has 41 nitrogen and oxygen atoms in total. The van der Waals surface area contributed by atoms with Gasteiger partial charge in [-0.3, -0.25) is 87.3 Å². The second kappa shape index (κ2) is 34.3. The summed E-state index contributed by atoms with van der Waals surface area (Å²) in [4.78, 5) is 177. The molecule has 4 aromatic heterocycles. The molecule has 11 rings (SSSR count). The second-order valence-electron chi connectivity index (χ2n) is 24.6. The predicted molar refractivity (Wildman–Crippen MR) is 374 cm³/mol. The van der Waals surface area contributed by atoms with Gasteiger partial charge in [-0.05, 0) is 38.1 Å². The molecule has 9 heterocycles. The fourth-order valence-corrected chi connectivity index (χ4v) is 15.1. The lowest BCUT2D eigenvalue weighted by Crippen LogP contribution is -2.49. The molecule has 0 radical (unpaired) electrons. The minimum atomic E-state index is -5.71. The number of nitro groups is 2. The molecule has 9 N–H and O–H groups in total. The maximum absolute atomic E-state index is 14.1. The van der Waals surface area contributed by atoms with Gasteiger partial charge in [0.25, 0.3) is 48.6 Å². The molecule has 6 unspecified atom stereocenters. The van der Waals surface area contributed by atoms with Crippen LogP contribution in [0.3, 0.4) is 0 Å². The van der Waals surface area contributed by atoms with Crippen LogP contribution in [0.5, 0.6) is 0 Å². The normalized spacial score (nSPS) is 24.2. The van der Waals surface area contributed by atoms with Crippen LogP contribution in [0.25, 0.3) is 11.0 Å². The maximum atomic E-state index is 14.1. The van der Waals surface area contributed by atoms with Crippen LogP contribution >= 0.6 is 39.2 Å². The summed E-state index contributed by atoms with van der Waals surface area (Å²) >= 11 is 0.862. The number of hydrogen-bond donors (Lipinski definition) is 8. The third kappa shape index (κ3) is 19.4. The number of benzene rings is 2. The minimum absolute atomic E-state index is 0.0154. The van der Waals surface area contributed by atoms with Gasteiger partial charge in [0.05, 0.1) is 89.7 Å². The van der Waals surface area contributed by atoms with Gasteiger partial charge in [0.1, 0.15) is 72.0 Å². The van der Waals surface area contributed by atoms with E-state index in [0.29, 0.717) is 23.5 Å². The number of aliphatic hydroxyl groups is 1. The number of methoxy groups -OCH3 is 1. The maximum Gasteiger partial charge on any atom is 0.330 e. The number of nitrogen functional groups attached to an aromatic ring is 1. The first kappa shape index (κ1) is 80.1. The van der Waals surface area contributed by atoms with Crippen molar-refractivity contribution in [3.05, 3.63) is 162 Å². The first-order valence-corrected chi connectivity index (χ1v) is 37.4. The van der Waals surface area contributed by atoms with Crippen LogP contribution in [-0.4, -0.2) is 171 Å². The Morgan fingerprint density at radius 2 is 1.24 bits per heavy atom. The molecule has 0 spiro atoms. The van der Waals surface area contributed by atoms with E-state index in [2.05, 4.69) is 76.7 Å². The van der Waals surface area contributed by atoms with Gasteiger partial charge in [-0.1, -0.05) is 42.4 Å². The van der Waals surface area contributed by atoms with Crippen LogP contribution in [0.1, 0.15) is 116 Å². The monoisotopic (exact) mass is 1590 g/mol. The molecule has 576 valence electrons. The van der Waals surface area contributed by atoms with Gasteiger partial charge in [0, 0.05) is 116 Å². The van der Waals surface area contributed by atoms with E-state index in [4.69, 9.17) is 47.5 Å². The topological polar surface area (TPSA) is 570 Å². The van der Waals surface area contributed by atoms with E-state index in [1.54, 1.807) is 13.8 Å². The Morgan fingerprint density at radius 1 is 0.716 bits per heavy atom. The molecule has 3 amide bonds. The fourth-order valence-electron chi connectivity index (χ4n) is 12.0. The molecule has 5 aliphatic rings. The van der Waals surface area contributed by atoms with Crippen molar-refractivity contribution in [1.29, 1.82) is 0 Å². The number of phosphoric acid groups is 2. The summed E-state index contributed by atoms with van der Waals surface area (Å²) in [6.07, 6.45) is -12.2. The zero-order valence-corrected chi connectivity index (χ0v) is 60.8. The van der Waals surface area contributed by atoms with E-state index < -0.39 is 186 Å². The van der Waals surface area contributed by atoms with Crippen molar-refractivity contribution < 1.29 is 99.6 Å². The number of H-pyrrole nitrogens is 2. The molecule has 0 aliphatic carbocycles. The average Bonchev–Trinajstić information content (AvgIpc) is 1.66. The van der Waals surface area contributed by atoms with Crippen molar-refractivity contribution in [2.75, 3.05) is 52.3 Å². The fraction of sp³-hybridized carbons (Fsp3) is 0.422. The molecule has 109 heavy (non-hydrogen) atoms. The molecular weight excluding hydrogens is 1520 g/mol. The Bertz CT molecular complexity index is 5190. The van der Waals surface area contributed by atoms with Crippen molar-refractivity contribution in [2.24, 2.45) is 0 Å². The molecule has 5 aliphatic heterocycles.